The number of halogens is 1. The summed E-state index contributed by atoms with van der Waals surface area (Å²) in [6.07, 6.45) is 8.22. The van der Waals surface area contributed by atoms with Crippen LogP contribution in [0.1, 0.15) is 44.3 Å². The molecule has 7 nitrogen and oxygen atoms in total. The molecule has 9 heteroatoms. The van der Waals surface area contributed by atoms with Crippen LogP contribution < -0.4 is 0 Å². The van der Waals surface area contributed by atoms with Crippen molar-refractivity contribution in [2.24, 2.45) is 7.05 Å². The van der Waals surface area contributed by atoms with Gasteiger partial charge in [-0.15, -0.1) is 0 Å². The van der Waals surface area contributed by atoms with Crippen LogP contribution in [-0.2, 0) is 23.6 Å². The molecule has 1 aliphatic rings. The summed E-state index contributed by atoms with van der Waals surface area (Å²) in [6.45, 7) is 3.02. The minimum absolute atomic E-state index is 0.225. The maximum Gasteiger partial charge on any atom is 0.246 e. The Morgan fingerprint density at radius 2 is 2.08 bits per heavy atom. The fraction of sp³-hybridized carbons (Fsp3) is 0.600. The van der Waals surface area contributed by atoms with Gasteiger partial charge in [0.1, 0.15) is 4.90 Å². The Morgan fingerprint density at radius 3 is 2.71 bits per heavy atom. The van der Waals surface area contributed by atoms with Gasteiger partial charge in [0.15, 0.2) is 0 Å². The highest BCUT2D eigenvalue weighted by Crippen LogP contribution is 2.36. The maximum atomic E-state index is 13.2. The van der Waals surface area contributed by atoms with Gasteiger partial charge < -0.3 is 0 Å². The lowest BCUT2D eigenvalue weighted by Gasteiger charge is -2.27. The van der Waals surface area contributed by atoms with Crippen LogP contribution in [-0.4, -0.2) is 38.8 Å². The molecule has 1 saturated heterocycles. The second-order valence-electron chi connectivity index (χ2n) is 6.05. The molecule has 0 aromatic carbocycles. The normalized spacial score (nSPS) is 20.2. The van der Waals surface area contributed by atoms with Crippen molar-refractivity contribution in [3.05, 3.63) is 29.3 Å². The van der Waals surface area contributed by atoms with Crippen LogP contribution in [0.5, 0.6) is 0 Å². The van der Waals surface area contributed by atoms with Gasteiger partial charge in [-0.3, -0.25) is 9.36 Å². The molecule has 1 aliphatic heterocycles. The number of aryl methyl sites for hydroxylation is 2. The number of hydrogen-bond acceptors (Lipinski definition) is 4. The van der Waals surface area contributed by atoms with Crippen LogP contribution in [0, 0.1) is 0 Å². The molecule has 2 aromatic heterocycles. The minimum atomic E-state index is -3.64. The predicted octanol–water partition coefficient (Wildman–Crippen LogP) is 2.60. The molecule has 2 aromatic rings. The lowest BCUT2D eigenvalue weighted by atomic mass is 10.1. The standard InChI is InChI=1S/C15H22ClN5O2S/c1-3-20-10-12(9-17-20)24(22,23)21-8-6-4-5-7-14(21)15-13(16)11-19(2)18-15/h9-11,14H,3-8H2,1-2H3/t14-/m0/s1. The van der Waals surface area contributed by atoms with Crippen molar-refractivity contribution in [2.45, 2.75) is 50.1 Å². The van der Waals surface area contributed by atoms with Gasteiger partial charge in [-0.1, -0.05) is 24.4 Å². The van der Waals surface area contributed by atoms with Crippen molar-refractivity contribution in [1.29, 1.82) is 0 Å². The van der Waals surface area contributed by atoms with E-state index < -0.39 is 10.0 Å². The van der Waals surface area contributed by atoms with E-state index in [0.29, 0.717) is 23.8 Å². The van der Waals surface area contributed by atoms with Gasteiger partial charge in [-0.25, -0.2) is 8.42 Å². The average molecular weight is 372 g/mol. The molecule has 0 saturated carbocycles. The van der Waals surface area contributed by atoms with E-state index in [1.54, 1.807) is 33.1 Å². The topological polar surface area (TPSA) is 73.0 Å². The third-order valence-electron chi connectivity index (χ3n) is 4.37. The first kappa shape index (κ1) is 17.4. The Bertz CT molecular complexity index is 814. The van der Waals surface area contributed by atoms with Crippen LogP contribution in [0.15, 0.2) is 23.5 Å². The third-order valence-corrected chi connectivity index (χ3v) is 6.52. The number of sulfonamides is 1. The predicted molar refractivity (Wildman–Crippen MR) is 91.2 cm³/mol. The van der Waals surface area contributed by atoms with E-state index in [-0.39, 0.29) is 10.9 Å². The fourth-order valence-electron chi connectivity index (χ4n) is 3.13. The van der Waals surface area contributed by atoms with E-state index in [2.05, 4.69) is 10.2 Å². The van der Waals surface area contributed by atoms with Crippen molar-refractivity contribution < 1.29 is 8.42 Å². The molecule has 0 unspecified atom stereocenters. The van der Waals surface area contributed by atoms with Crippen LogP contribution in [0.2, 0.25) is 5.02 Å². The Hall–Kier alpha value is -1.38. The summed E-state index contributed by atoms with van der Waals surface area (Å²) in [7, 11) is -1.85. The molecule has 0 radical (unpaired) electrons. The van der Waals surface area contributed by atoms with Gasteiger partial charge in [0.25, 0.3) is 0 Å². The highest BCUT2D eigenvalue weighted by molar-refractivity contribution is 7.89. The summed E-state index contributed by atoms with van der Waals surface area (Å²) >= 11 is 6.30. The quantitative estimate of drug-likeness (QED) is 0.828. The number of nitrogens with zero attached hydrogens (tertiary/aromatic N) is 5. The molecule has 0 bridgehead atoms. The smallest absolute Gasteiger partial charge is 0.246 e. The largest absolute Gasteiger partial charge is 0.274 e. The van der Waals surface area contributed by atoms with E-state index in [4.69, 9.17) is 11.6 Å². The molecule has 132 valence electrons. The van der Waals surface area contributed by atoms with Crippen LogP contribution in [0.25, 0.3) is 0 Å². The zero-order valence-corrected chi connectivity index (χ0v) is 15.5. The average Bonchev–Trinajstić information content (AvgIpc) is 3.06. The van der Waals surface area contributed by atoms with Crippen molar-refractivity contribution in [3.63, 3.8) is 0 Å². The van der Waals surface area contributed by atoms with Gasteiger partial charge in [-0.2, -0.15) is 14.5 Å². The van der Waals surface area contributed by atoms with E-state index >= 15 is 0 Å². The monoisotopic (exact) mass is 371 g/mol. The Morgan fingerprint density at radius 1 is 1.29 bits per heavy atom. The molecular formula is C15H22ClN5O2S. The van der Waals surface area contributed by atoms with Crippen molar-refractivity contribution in [2.75, 3.05) is 6.54 Å². The van der Waals surface area contributed by atoms with Gasteiger partial charge in [0.2, 0.25) is 10.0 Å². The maximum absolute atomic E-state index is 13.2. The van der Waals surface area contributed by atoms with Crippen molar-refractivity contribution >= 4 is 21.6 Å². The summed E-state index contributed by atoms with van der Waals surface area (Å²) in [4.78, 5) is 0.225. The zero-order chi connectivity index (χ0) is 17.3. The van der Waals surface area contributed by atoms with Gasteiger partial charge >= 0.3 is 0 Å². The molecule has 1 atom stereocenters. The van der Waals surface area contributed by atoms with Crippen LogP contribution in [0.3, 0.4) is 0 Å². The van der Waals surface area contributed by atoms with E-state index in [0.717, 1.165) is 25.7 Å². The second kappa shape index (κ2) is 6.85. The van der Waals surface area contributed by atoms with E-state index in [1.807, 2.05) is 6.92 Å². The molecule has 0 aliphatic carbocycles. The lowest BCUT2D eigenvalue weighted by molar-refractivity contribution is 0.321. The Labute approximate surface area is 147 Å². The molecule has 24 heavy (non-hydrogen) atoms. The van der Waals surface area contributed by atoms with E-state index in [1.165, 1.54) is 6.20 Å². The fourth-order valence-corrected chi connectivity index (χ4v) is 5.05. The molecule has 0 amide bonds. The number of aromatic nitrogens is 4. The molecular weight excluding hydrogens is 350 g/mol. The first-order valence-electron chi connectivity index (χ1n) is 8.17. The van der Waals surface area contributed by atoms with E-state index in [9.17, 15) is 8.42 Å². The summed E-state index contributed by atoms with van der Waals surface area (Å²) < 4.78 is 31.1. The first-order chi connectivity index (χ1) is 11.4. The Kier molecular flexibility index (Phi) is 4.98. The molecule has 1 fully saturated rings. The lowest BCUT2D eigenvalue weighted by Crippen LogP contribution is -2.35. The van der Waals surface area contributed by atoms with Crippen molar-refractivity contribution in [3.8, 4) is 0 Å². The van der Waals surface area contributed by atoms with Crippen molar-refractivity contribution in [1.82, 2.24) is 23.9 Å². The first-order valence-corrected chi connectivity index (χ1v) is 9.98. The van der Waals surface area contributed by atoms with Gasteiger partial charge in [-0.05, 0) is 19.8 Å². The number of hydrogen-bond donors (Lipinski definition) is 0. The van der Waals surface area contributed by atoms with Gasteiger partial charge in [0, 0.05) is 32.5 Å². The summed E-state index contributed by atoms with van der Waals surface area (Å²) in [5.41, 5.74) is 0.632. The summed E-state index contributed by atoms with van der Waals surface area (Å²) in [5, 5.41) is 9.02. The third kappa shape index (κ3) is 3.22. The Balaban J connectivity index is 2.02. The molecule has 0 spiro atoms. The molecule has 0 N–H and O–H groups in total. The highest BCUT2D eigenvalue weighted by Gasteiger charge is 2.36. The molecule has 3 heterocycles. The minimum Gasteiger partial charge on any atom is -0.274 e. The molecule has 3 rings (SSSR count). The SMILES string of the molecule is CCn1cc(S(=O)(=O)N2CCCCC[C@H]2c2nn(C)cc2Cl)cn1. The zero-order valence-electron chi connectivity index (χ0n) is 13.9. The second-order valence-corrected chi connectivity index (χ2v) is 8.35. The summed E-state index contributed by atoms with van der Waals surface area (Å²) in [5.74, 6) is 0. The number of rotatable bonds is 4. The van der Waals surface area contributed by atoms with Crippen LogP contribution in [0.4, 0.5) is 0 Å². The van der Waals surface area contributed by atoms with Gasteiger partial charge in [0.05, 0.1) is 23.0 Å². The van der Waals surface area contributed by atoms with Crippen LogP contribution >= 0.6 is 11.6 Å². The highest BCUT2D eigenvalue weighted by atomic mass is 35.5. The summed E-state index contributed by atoms with van der Waals surface area (Å²) in [6, 6.07) is -0.337.